The Balaban J connectivity index is 2.90. The molecule has 0 aliphatic rings. The van der Waals surface area contributed by atoms with Crippen molar-refractivity contribution in [2.75, 3.05) is 0 Å². The maximum absolute atomic E-state index is 11.5. The highest BCUT2D eigenvalue weighted by atomic mass is 16.4. The number of aromatic carboxylic acids is 1. The molecule has 0 spiro atoms. The molecular weight excluding hydrogens is 196 g/mol. The molecule has 0 saturated heterocycles. The first-order valence-electron chi connectivity index (χ1n) is 4.52. The van der Waals surface area contributed by atoms with Gasteiger partial charge in [-0.15, -0.1) is 0 Å². The molecule has 0 aliphatic heterocycles. The van der Waals surface area contributed by atoms with E-state index >= 15 is 0 Å². The summed E-state index contributed by atoms with van der Waals surface area (Å²) in [4.78, 5) is 25.8. The molecule has 1 heterocycles. The molecule has 0 aromatic carbocycles. The third-order valence-corrected chi connectivity index (χ3v) is 1.62. The van der Waals surface area contributed by atoms with Gasteiger partial charge in [0.05, 0.1) is 0 Å². The van der Waals surface area contributed by atoms with Crippen molar-refractivity contribution in [2.24, 2.45) is 0 Å². The minimum atomic E-state index is -1.14. The zero-order chi connectivity index (χ0) is 11.4. The molecule has 5 nitrogen and oxygen atoms in total. The lowest BCUT2D eigenvalue weighted by Crippen LogP contribution is -2.31. The van der Waals surface area contributed by atoms with Crippen molar-refractivity contribution in [3.05, 3.63) is 29.6 Å². The first-order chi connectivity index (χ1) is 7.00. The number of nitrogens with zero attached hydrogens (tertiary/aromatic N) is 1. The lowest BCUT2D eigenvalue weighted by atomic mass is 10.2. The molecule has 0 radical (unpaired) electrons. The quantitative estimate of drug-likeness (QED) is 0.774. The molecule has 80 valence electrons. The zero-order valence-electron chi connectivity index (χ0n) is 8.52. The van der Waals surface area contributed by atoms with E-state index in [1.807, 2.05) is 13.8 Å². The molecule has 0 unspecified atom stereocenters. The fraction of sp³-hybridized carbons (Fsp3) is 0.300. The number of rotatable bonds is 3. The number of hydrogen-bond donors (Lipinski definition) is 2. The first kappa shape index (κ1) is 11.2. The zero-order valence-corrected chi connectivity index (χ0v) is 8.52. The van der Waals surface area contributed by atoms with Crippen LogP contribution in [-0.4, -0.2) is 28.0 Å². The highest BCUT2D eigenvalue weighted by molar-refractivity contribution is 5.94. The topological polar surface area (TPSA) is 79.3 Å². The number of carboxylic acids is 1. The Morgan fingerprint density at radius 3 is 2.47 bits per heavy atom. The number of nitrogens with one attached hydrogen (secondary N) is 1. The Bertz CT molecular complexity index is 388. The summed E-state index contributed by atoms with van der Waals surface area (Å²) in [5.74, 6) is -1.51. The van der Waals surface area contributed by atoms with Gasteiger partial charge in [-0.25, -0.2) is 9.78 Å². The molecule has 0 bridgehead atoms. The summed E-state index contributed by atoms with van der Waals surface area (Å²) >= 11 is 0. The molecule has 2 N–H and O–H groups in total. The Morgan fingerprint density at radius 2 is 1.93 bits per heavy atom. The molecular formula is C10H12N2O3. The summed E-state index contributed by atoms with van der Waals surface area (Å²) in [5.41, 5.74) is -0.0185. The number of aromatic nitrogens is 1. The normalized spacial score (nSPS) is 10.1. The summed E-state index contributed by atoms with van der Waals surface area (Å²) in [5, 5.41) is 11.3. The predicted molar refractivity (Wildman–Crippen MR) is 53.8 cm³/mol. The largest absolute Gasteiger partial charge is 0.477 e. The van der Waals surface area contributed by atoms with Gasteiger partial charge in [0.25, 0.3) is 5.91 Å². The Morgan fingerprint density at radius 1 is 1.33 bits per heavy atom. The second-order valence-corrected chi connectivity index (χ2v) is 3.34. The van der Waals surface area contributed by atoms with E-state index in [-0.39, 0.29) is 23.3 Å². The number of carbonyl (C=O) groups excluding carboxylic acids is 1. The van der Waals surface area contributed by atoms with Gasteiger partial charge < -0.3 is 10.4 Å². The van der Waals surface area contributed by atoms with Gasteiger partial charge in [-0.2, -0.15) is 0 Å². The highest BCUT2D eigenvalue weighted by Gasteiger charge is 2.11. The SMILES string of the molecule is CC(C)NC(=O)c1cccc(C(=O)O)n1. The smallest absolute Gasteiger partial charge is 0.354 e. The predicted octanol–water partition coefficient (Wildman–Crippen LogP) is 0.918. The van der Waals surface area contributed by atoms with Crippen molar-refractivity contribution in [2.45, 2.75) is 19.9 Å². The number of pyridine rings is 1. The van der Waals surface area contributed by atoms with Crippen LogP contribution >= 0.6 is 0 Å². The van der Waals surface area contributed by atoms with E-state index < -0.39 is 5.97 Å². The highest BCUT2D eigenvalue weighted by Crippen LogP contribution is 2.00. The molecule has 1 rings (SSSR count). The summed E-state index contributed by atoms with van der Waals surface area (Å²) in [6, 6.07) is 4.30. The number of carbonyl (C=O) groups is 2. The van der Waals surface area contributed by atoms with Crippen LogP contribution in [0.25, 0.3) is 0 Å². The standard InChI is InChI=1S/C10H12N2O3/c1-6(2)11-9(13)7-4-3-5-8(12-7)10(14)15/h3-6H,1-2H3,(H,11,13)(H,14,15). The molecule has 15 heavy (non-hydrogen) atoms. The maximum atomic E-state index is 11.5. The Hall–Kier alpha value is -1.91. The lowest BCUT2D eigenvalue weighted by molar-refractivity contribution is 0.0690. The van der Waals surface area contributed by atoms with Crippen molar-refractivity contribution >= 4 is 11.9 Å². The van der Waals surface area contributed by atoms with Crippen LogP contribution in [0.4, 0.5) is 0 Å². The van der Waals surface area contributed by atoms with Crippen LogP contribution in [0.5, 0.6) is 0 Å². The fourth-order valence-corrected chi connectivity index (χ4v) is 1.02. The molecule has 1 amide bonds. The second-order valence-electron chi connectivity index (χ2n) is 3.34. The average Bonchev–Trinajstić information content (AvgIpc) is 2.17. The van der Waals surface area contributed by atoms with E-state index in [0.29, 0.717) is 0 Å². The number of amides is 1. The first-order valence-corrected chi connectivity index (χ1v) is 4.52. The van der Waals surface area contributed by atoms with Crippen LogP contribution in [-0.2, 0) is 0 Å². The van der Waals surface area contributed by atoms with E-state index in [9.17, 15) is 9.59 Å². The number of carboxylic acid groups (broad SMARTS) is 1. The molecule has 1 aromatic rings. The van der Waals surface area contributed by atoms with Gasteiger partial charge in [-0.3, -0.25) is 4.79 Å². The van der Waals surface area contributed by atoms with Gasteiger partial charge in [0, 0.05) is 6.04 Å². The second kappa shape index (κ2) is 4.54. The summed E-state index contributed by atoms with van der Waals surface area (Å²) < 4.78 is 0. The van der Waals surface area contributed by atoms with Crippen LogP contribution in [0.15, 0.2) is 18.2 Å². The van der Waals surface area contributed by atoms with Crippen molar-refractivity contribution in [3.8, 4) is 0 Å². The van der Waals surface area contributed by atoms with Gasteiger partial charge in [0.2, 0.25) is 0 Å². The van der Waals surface area contributed by atoms with Gasteiger partial charge in [0.1, 0.15) is 11.4 Å². The van der Waals surface area contributed by atoms with E-state index in [4.69, 9.17) is 5.11 Å². The maximum Gasteiger partial charge on any atom is 0.354 e. The van der Waals surface area contributed by atoms with Crippen LogP contribution in [0.1, 0.15) is 34.8 Å². The van der Waals surface area contributed by atoms with Crippen LogP contribution < -0.4 is 5.32 Å². The fourth-order valence-electron chi connectivity index (χ4n) is 1.02. The van der Waals surface area contributed by atoms with Crippen molar-refractivity contribution in [1.82, 2.24) is 10.3 Å². The number of hydrogen-bond acceptors (Lipinski definition) is 3. The van der Waals surface area contributed by atoms with Crippen LogP contribution in [0.2, 0.25) is 0 Å². The summed E-state index contributed by atoms with van der Waals surface area (Å²) in [7, 11) is 0. The van der Waals surface area contributed by atoms with Crippen molar-refractivity contribution in [3.63, 3.8) is 0 Å². The van der Waals surface area contributed by atoms with Gasteiger partial charge in [-0.1, -0.05) is 6.07 Å². The molecule has 0 saturated carbocycles. The van der Waals surface area contributed by atoms with E-state index in [0.717, 1.165) is 0 Å². The minimum absolute atomic E-state index is 0.00668. The Kier molecular flexibility index (Phi) is 3.38. The van der Waals surface area contributed by atoms with Gasteiger partial charge in [0.15, 0.2) is 0 Å². The molecule has 0 atom stereocenters. The third-order valence-electron chi connectivity index (χ3n) is 1.62. The third kappa shape index (κ3) is 3.05. The van der Waals surface area contributed by atoms with E-state index in [2.05, 4.69) is 10.3 Å². The lowest BCUT2D eigenvalue weighted by Gasteiger charge is -2.07. The average molecular weight is 208 g/mol. The molecule has 5 heteroatoms. The van der Waals surface area contributed by atoms with Gasteiger partial charge in [-0.05, 0) is 26.0 Å². The van der Waals surface area contributed by atoms with Crippen molar-refractivity contribution in [1.29, 1.82) is 0 Å². The Labute approximate surface area is 87.1 Å². The molecule has 1 aromatic heterocycles. The summed E-state index contributed by atoms with van der Waals surface area (Å²) in [6.45, 7) is 3.64. The van der Waals surface area contributed by atoms with Gasteiger partial charge >= 0.3 is 5.97 Å². The summed E-state index contributed by atoms with van der Waals surface area (Å²) in [6.07, 6.45) is 0. The van der Waals surface area contributed by atoms with Crippen LogP contribution in [0, 0.1) is 0 Å². The minimum Gasteiger partial charge on any atom is -0.477 e. The van der Waals surface area contributed by atoms with Crippen molar-refractivity contribution < 1.29 is 14.7 Å². The van der Waals surface area contributed by atoms with E-state index in [1.165, 1.54) is 18.2 Å². The monoisotopic (exact) mass is 208 g/mol. The molecule has 0 aliphatic carbocycles. The van der Waals surface area contributed by atoms with Crippen LogP contribution in [0.3, 0.4) is 0 Å². The van der Waals surface area contributed by atoms with E-state index in [1.54, 1.807) is 0 Å². The molecule has 0 fully saturated rings.